The fraction of sp³-hybridized carbons (Fsp3) is 0.810. The molecule has 3 heterocycles. The number of amides is 1. The highest BCUT2D eigenvalue weighted by atomic mass is 16.2. The molecule has 1 unspecified atom stereocenters. The Hall–Kier alpha value is -1.36. The number of likely N-dealkylation sites (tertiary alicyclic amines) is 2. The van der Waals surface area contributed by atoms with Crippen LogP contribution in [-0.2, 0) is 17.9 Å². The third-order valence-electron chi connectivity index (χ3n) is 6.10. The monoisotopic (exact) mass is 360 g/mol. The van der Waals surface area contributed by atoms with E-state index in [9.17, 15) is 4.79 Å². The van der Waals surface area contributed by atoms with E-state index in [2.05, 4.69) is 46.3 Å². The molecule has 1 atom stereocenters. The van der Waals surface area contributed by atoms with Gasteiger partial charge in [-0.25, -0.2) is 4.98 Å². The number of rotatable bonds is 7. The fourth-order valence-electron chi connectivity index (χ4n) is 4.63. The van der Waals surface area contributed by atoms with Gasteiger partial charge in [0.05, 0.1) is 6.54 Å². The van der Waals surface area contributed by atoms with Crippen molar-refractivity contribution < 1.29 is 4.79 Å². The Morgan fingerprint density at radius 3 is 2.85 bits per heavy atom. The van der Waals surface area contributed by atoms with E-state index in [0.29, 0.717) is 17.2 Å². The van der Waals surface area contributed by atoms with Crippen LogP contribution in [0.4, 0.5) is 0 Å². The summed E-state index contributed by atoms with van der Waals surface area (Å²) < 4.78 is 2.29. The third-order valence-corrected chi connectivity index (χ3v) is 6.10. The van der Waals surface area contributed by atoms with Gasteiger partial charge in [0.25, 0.3) is 0 Å². The molecule has 1 aromatic heterocycles. The molecule has 2 fully saturated rings. The average molecular weight is 361 g/mol. The summed E-state index contributed by atoms with van der Waals surface area (Å²) >= 11 is 0. The van der Waals surface area contributed by atoms with Crippen LogP contribution in [-0.4, -0.2) is 51.4 Å². The van der Waals surface area contributed by atoms with Gasteiger partial charge in [0.2, 0.25) is 5.91 Å². The standard InChI is InChI=1S/C21H36N4O/c1-4-11-24-14-10-22-19(24)15-23-12-5-8-21(16-23)9-6-20(26)25(17-21)13-7-18(2)3/h10,14,18H,4-9,11-13,15-17H2,1-3H3. The van der Waals surface area contributed by atoms with E-state index in [1.54, 1.807) is 0 Å². The predicted octanol–water partition coefficient (Wildman–Crippen LogP) is 3.54. The first kappa shape index (κ1) is 19.4. The lowest BCUT2D eigenvalue weighted by Gasteiger charge is -2.48. The van der Waals surface area contributed by atoms with Crippen molar-refractivity contribution in [1.29, 1.82) is 0 Å². The Bertz CT molecular complexity index is 597. The second kappa shape index (κ2) is 8.55. The molecule has 5 nitrogen and oxygen atoms in total. The molecule has 0 N–H and O–H groups in total. The maximum Gasteiger partial charge on any atom is 0.222 e. The fourth-order valence-corrected chi connectivity index (χ4v) is 4.63. The molecule has 0 radical (unpaired) electrons. The van der Waals surface area contributed by atoms with Crippen molar-refractivity contribution in [3.05, 3.63) is 18.2 Å². The maximum atomic E-state index is 12.4. The van der Waals surface area contributed by atoms with E-state index in [1.165, 1.54) is 18.7 Å². The Balaban J connectivity index is 1.63. The Kier molecular flexibility index (Phi) is 6.38. The van der Waals surface area contributed by atoms with Crippen LogP contribution in [0.15, 0.2) is 12.4 Å². The van der Waals surface area contributed by atoms with E-state index in [0.717, 1.165) is 65.0 Å². The van der Waals surface area contributed by atoms with E-state index >= 15 is 0 Å². The molecule has 5 heteroatoms. The van der Waals surface area contributed by atoms with Gasteiger partial charge in [-0.2, -0.15) is 0 Å². The average Bonchev–Trinajstić information content (AvgIpc) is 3.03. The number of carbonyl (C=O) groups excluding carboxylic acids is 1. The highest BCUT2D eigenvalue weighted by molar-refractivity contribution is 5.77. The second-order valence-electron chi connectivity index (χ2n) is 8.85. The van der Waals surface area contributed by atoms with E-state index in [-0.39, 0.29) is 0 Å². The van der Waals surface area contributed by atoms with Crippen LogP contribution in [0.5, 0.6) is 0 Å². The van der Waals surface area contributed by atoms with Gasteiger partial charge in [-0.3, -0.25) is 9.69 Å². The molecule has 2 aliphatic heterocycles. The Labute approximate surface area is 158 Å². The second-order valence-corrected chi connectivity index (χ2v) is 8.85. The summed E-state index contributed by atoms with van der Waals surface area (Å²) in [5, 5.41) is 0. The molecule has 26 heavy (non-hydrogen) atoms. The number of imidazole rings is 1. The minimum absolute atomic E-state index is 0.297. The van der Waals surface area contributed by atoms with Crippen molar-refractivity contribution in [2.45, 2.75) is 72.4 Å². The van der Waals surface area contributed by atoms with E-state index in [4.69, 9.17) is 0 Å². The number of carbonyl (C=O) groups is 1. The molecular formula is C21H36N4O. The first-order chi connectivity index (χ1) is 12.5. The molecule has 0 bridgehead atoms. The van der Waals surface area contributed by atoms with Crippen LogP contribution < -0.4 is 0 Å². The number of hydrogen-bond donors (Lipinski definition) is 0. The largest absolute Gasteiger partial charge is 0.342 e. The molecule has 2 aliphatic rings. The third kappa shape index (κ3) is 4.67. The molecule has 2 saturated heterocycles. The highest BCUT2D eigenvalue weighted by Crippen LogP contribution is 2.39. The van der Waals surface area contributed by atoms with Crippen LogP contribution >= 0.6 is 0 Å². The minimum atomic E-state index is 0.297. The van der Waals surface area contributed by atoms with Gasteiger partial charge in [0.1, 0.15) is 5.82 Å². The number of aryl methyl sites for hydroxylation is 1. The molecule has 146 valence electrons. The minimum Gasteiger partial charge on any atom is -0.342 e. The summed E-state index contributed by atoms with van der Waals surface area (Å²) in [6.07, 6.45) is 10.6. The summed E-state index contributed by atoms with van der Waals surface area (Å²) in [6.45, 7) is 12.8. The molecule has 0 saturated carbocycles. The highest BCUT2D eigenvalue weighted by Gasteiger charge is 2.41. The van der Waals surface area contributed by atoms with Gasteiger partial charge in [0.15, 0.2) is 0 Å². The van der Waals surface area contributed by atoms with Gasteiger partial charge in [0, 0.05) is 50.4 Å². The lowest BCUT2D eigenvalue weighted by Crippen LogP contribution is -2.54. The van der Waals surface area contributed by atoms with E-state index in [1.807, 2.05) is 6.20 Å². The SMILES string of the molecule is CCCn1ccnc1CN1CCCC2(CCC(=O)N(CCC(C)C)C2)C1. The Morgan fingerprint density at radius 2 is 2.08 bits per heavy atom. The van der Waals surface area contributed by atoms with Crippen molar-refractivity contribution in [3.8, 4) is 0 Å². The zero-order valence-electron chi connectivity index (χ0n) is 16.9. The Morgan fingerprint density at radius 1 is 1.23 bits per heavy atom. The number of piperidine rings is 2. The quantitative estimate of drug-likeness (QED) is 0.747. The first-order valence-electron chi connectivity index (χ1n) is 10.5. The summed E-state index contributed by atoms with van der Waals surface area (Å²) in [7, 11) is 0. The summed E-state index contributed by atoms with van der Waals surface area (Å²) in [5.41, 5.74) is 0.297. The van der Waals surface area contributed by atoms with Crippen molar-refractivity contribution in [2.24, 2.45) is 11.3 Å². The summed E-state index contributed by atoms with van der Waals surface area (Å²) in [5.74, 6) is 2.21. The predicted molar refractivity (Wildman–Crippen MR) is 105 cm³/mol. The molecule has 0 aromatic carbocycles. The number of hydrogen-bond acceptors (Lipinski definition) is 3. The summed E-state index contributed by atoms with van der Waals surface area (Å²) in [4.78, 5) is 21.7. The zero-order chi connectivity index (χ0) is 18.6. The molecular weight excluding hydrogens is 324 g/mol. The summed E-state index contributed by atoms with van der Waals surface area (Å²) in [6, 6.07) is 0. The van der Waals surface area contributed by atoms with Crippen molar-refractivity contribution in [3.63, 3.8) is 0 Å². The lowest BCUT2D eigenvalue weighted by atomic mass is 9.73. The van der Waals surface area contributed by atoms with Crippen molar-refractivity contribution in [2.75, 3.05) is 26.2 Å². The zero-order valence-corrected chi connectivity index (χ0v) is 16.9. The van der Waals surface area contributed by atoms with Crippen molar-refractivity contribution in [1.82, 2.24) is 19.4 Å². The molecule has 0 aliphatic carbocycles. The number of aromatic nitrogens is 2. The molecule has 3 rings (SSSR count). The van der Waals surface area contributed by atoms with Crippen LogP contribution in [0.2, 0.25) is 0 Å². The molecule has 1 spiro atoms. The van der Waals surface area contributed by atoms with Gasteiger partial charge >= 0.3 is 0 Å². The lowest BCUT2D eigenvalue weighted by molar-refractivity contribution is -0.139. The van der Waals surface area contributed by atoms with Gasteiger partial charge in [-0.1, -0.05) is 20.8 Å². The van der Waals surface area contributed by atoms with Crippen LogP contribution in [0, 0.1) is 11.3 Å². The topological polar surface area (TPSA) is 41.4 Å². The van der Waals surface area contributed by atoms with Gasteiger partial charge in [-0.15, -0.1) is 0 Å². The van der Waals surface area contributed by atoms with Crippen LogP contribution in [0.1, 0.15) is 65.1 Å². The van der Waals surface area contributed by atoms with Crippen LogP contribution in [0.3, 0.4) is 0 Å². The normalized spacial score (nSPS) is 24.8. The molecule has 1 aromatic rings. The maximum absolute atomic E-state index is 12.4. The molecule has 1 amide bonds. The van der Waals surface area contributed by atoms with Gasteiger partial charge < -0.3 is 9.47 Å². The number of nitrogens with zero attached hydrogens (tertiary/aromatic N) is 4. The van der Waals surface area contributed by atoms with Crippen LogP contribution in [0.25, 0.3) is 0 Å². The smallest absolute Gasteiger partial charge is 0.222 e. The van der Waals surface area contributed by atoms with Crippen molar-refractivity contribution >= 4 is 5.91 Å². The van der Waals surface area contributed by atoms with E-state index < -0.39 is 0 Å². The first-order valence-corrected chi connectivity index (χ1v) is 10.5. The van der Waals surface area contributed by atoms with Gasteiger partial charge in [-0.05, 0) is 44.6 Å².